The molecule has 3 rings (SSSR count). The number of hydrogen-bond donors (Lipinski definition) is 0. The first-order chi connectivity index (χ1) is 9.63. The van der Waals surface area contributed by atoms with Crippen LogP contribution in [0.4, 0.5) is 0 Å². The highest BCUT2D eigenvalue weighted by atomic mass is 32.1. The minimum Gasteiger partial charge on any atom is -0.368 e. The second-order valence-electron chi connectivity index (χ2n) is 5.31. The van der Waals surface area contributed by atoms with Gasteiger partial charge in [0, 0.05) is 37.8 Å². The van der Waals surface area contributed by atoms with Crippen molar-refractivity contribution in [2.24, 2.45) is 7.05 Å². The Balaban J connectivity index is 1.70. The summed E-state index contributed by atoms with van der Waals surface area (Å²) < 4.78 is 7.97. The molecule has 0 radical (unpaired) electrons. The van der Waals surface area contributed by atoms with Crippen LogP contribution in [0.15, 0.2) is 11.7 Å². The van der Waals surface area contributed by atoms with Crippen molar-refractivity contribution in [1.82, 2.24) is 19.4 Å². The number of aromatic nitrogens is 3. The molecule has 2 aromatic heterocycles. The zero-order chi connectivity index (χ0) is 14.1. The van der Waals surface area contributed by atoms with E-state index in [2.05, 4.69) is 26.4 Å². The molecule has 1 saturated heterocycles. The summed E-state index contributed by atoms with van der Waals surface area (Å²) in [5.41, 5.74) is 4.11. The van der Waals surface area contributed by atoms with Crippen molar-refractivity contribution < 1.29 is 4.74 Å². The summed E-state index contributed by atoms with van der Waals surface area (Å²) in [6, 6.07) is 0. The topological polar surface area (TPSA) is 43.2 Å². The first-order valence-electron chi connectivity index (χ1n) is 6.86. The quantitative estimate of drug-likeness (QED) is 0.868. The van der Waals surface area contributed by atoms with Crippen molar-refractivity contribution in [1.29, 1.82) is 0 Å². The van der Waals surface area contributed by atoms with Gasteiger partial charge in [-0.1, -0.05) is 0 Å². The first-order valence-corrected chi connectivity index (χ1v) is 7.74. The molecule has 1 fully saturated rings. The van der Waals surface area contributed by atoms with Gasteiger partial charge in [0.2, 0.25) is 0 Å². The molecule has 20 heavy (non-hydrogen) atoms. The summed E-state index contributed by atoms with van der Waals surface area (Å²) in [7, 11) is 2.03. The summed E-state index contributed by atoms with van der Waals surface area (Å²) in [5.74, 6) is 1.02. The SMILES string of the molecule is Cc1cn(C)c(C2CN(Cc3scnc3C)CCO2)n1. The predicted octanol–water partition coefficient (Wildman–Crippen LogP) is 2.07. The van der Waals surface area contributed by atoms with Crippen molar-refractivity contribution in [3.05, 3.63) is 33.8 Å². The van der Waals surface area contributed by atoms with E-state index in [0.717, 1.165) is 43.5 Å². The maximum Gasteiger partial charge on any atom is 0.139 e. The summed E-state index contributed by atoms with van der Waals surface area (Å²) >= 11 is 1.73. The number of nitrogens with zero attached hydrogens (tertiary/aromatic N) is 4. The molecule has 1 aliphatic rings. The first kappa shape index (κ1) is 13.7. The van der Waals surface area contributed by atoms with Crippen LogP contribution in [-0.2, 0) is 18.3 Å². The molecule has 0 aromatic carbocycles. The van der Waals surface area contributed by atoms with Crippen LogP contribution in [0.3, 0.4) is 0 Å². The van der Waals surface area contributed by atoms with Crippen LogP contribution in [-0.4, -0.2) is 39.1 Å². The van der Waals surface area contributed by atoms with Gasteiger partial charge in [0.05, 0.1) is 23.5 Å². The van der Waals surface area contributed by atoms with E-state index in [9.17, 15) is 0 Å². The molecule has 1 unspecified atom stereocenters. The summed E-state index contributed by atoms with van der Waals surface area (Å²) in [4.78, 5) is 12.7. The Bertz CT molecular complexity index is 592. The van der Waals surface area contributed by atoms with Gasteiger partial charge in [-0.05, 0) is 13.8 Å². The van der Waals surface area contributed by atoms with Gasteiger partial charge >= 0.3 is 0 Å². The summed E-state index contributed by atoms with van der Waals surface area (Å²) in [6.07, 6.45) is 2.11. The van der Waals surface area contributed by atoms with Gasteiger partial charge in [0.15, 0.2) is 0 Å². The minimum atomic E-state index is 0.0654. The van der Waals surface area contributed by atoms with E-state index < -0.39 is 0 Å². The molecule has 6 heteroatoms. The molecule has 2 aromatic rings. The van der Waals surface area contributed by atoms with E-state index in [4.69, 9.17) is 4.74 Å². The van der Waals surface area contributed by atoms with E-state index in [1.54, 1.807) is 11.3 Å². The van der Waals surface area contributed by atoms with Crippen LogP contribution in [0, 0.1) is 13.8 Å². The van der Waals surface area contributed by atoms with Crippen molar-refractivity contribution in [3.63, 3.8) is 0 Å². The fourth-order valence-corrected chi connectivity index (χ4v) is 3.44. The zero-order valence-electron chi connectivity index (χ0n) is 12.2. The number of rotatable bonds is 3. The molecule has 1 aliphatic heterocycles. The van der Waals surface area contributed by atoms with Crippen LogP contribution in [0.2, 0.25) is 0 Å². The van der Waals surface area contributed by atoms with Crippen molar-refractivity contribution in [2.75, 3.05) is 19.7 Å². The monoisotopic (exact) mass is 292 g/mol. The molecule has 0 bridgehead atoms. The third kappa shape index (κ3) is 2.77. The maximum atomic E-state index is 5.90. The molecule has 3 heterocycles. The maximum absolute atomic E-state index is 5.90. The van der Waals surface area contributed by atoms with Crippen LogP contribution >= 0.6 is 11.3 Å². The average Bonchev–Trinajstić information content (AvgIpc) is 2.96. The Morgan fingerprint density at radius 2 is 2.30 bits per heavy atom. The minimum absolute atomic E-state index is 0.0654. The number of imidazole rings is 1. The molecule has 108 valence electrons. The van der Waals surface area contributed by atoms with Crippen LogP contribution in [0.25, 0.3) is 0 Å². The van der Waals surface area contributed by atoms with Crippen LogP contribution in [0.5, 0.6) is 0 Å². The Labute approximate surface area is 123 Å². The average molecular weight is 292 g/mol. The Morgan fingerprint density at radius 3 is 2.95 bits per heavy atom. The standard InChI is InChI=1S/C14H20N4OS/c1-10-6-17(3)14(16-10)12-7-18(4-5-19-12)8-13-11(2)15-9-20-13/h6,9,12H,4-5,7-8H2,1-3H3. The van der Waals surface area contributed by atoms with Gasteiger partial charge in [-0.25, -0.2) is 9.97 Å². The molecule has 0 saturated carbocycles. The van der Waals surface area contributed by atoms with Crippen molar-refractivity contribution in [2.45, 2.75) is 26.5 Å². The lowest BCUT2D eigenvalue weighted by molar-refractivity contribution is -0.0381. The van der Waals surface area contributed by atoms with Gasteiger partial charge in [-0.3, -0.25) is 4.90 Å². The van der Waals surface area contributed by atoms with Crippen molar-refractivity contribution >= 4 is 11.3 Å². The summed E-state index contributed by atoms with van der Waals surface area (Å²) in [5, 5.41) is 0. The number of ether oxygens (including phenoxy) is 1. The highest BCUT2D eigenvalue weighted by molar-refractivity contribution is 7.09. The smallest absolute Gasteiger partial charge is 0.139 e. The molecule has 5 nitrogen and oxygen atoms in total. The fourth-order valence-electron chi connectivity index (χ4n) is 2.62. The Morgan fingerprint density at radius 1 is 1.45 bits per heavy atom. The summed E-state index contributed by atoms with van der Waals surface area (Å²) in [6.45, 7) is 7.67. The van der Waals surface area contributed by atoms with Gasteiger partial charge < -0.3 is 9.30 Å². The Kier molecular flexibility index (Phi) is 3.87. The number of hydrogen-bond acceptors (Lipinski definition) is 5. The van der Waals surface area contributed by atoms with E-state index in [1.807, 2.05) is 25.7 Å². The molecule has 0 aliphatic carbocycles. The second-order valence-corrected chi connectivity index (χ2v) is 6.25. The number of aryl methyl sites for hydroxylation is 3. The van der Waals surface area contributed by atoms with Crippen LogP contribution in [0.1, 0.15) is 28.2 Å². The highest BCUT2D eigenvalue weighted by Gasteiger charge is 2.25. The Hall–Kier alpha value is -1.24. The van der Waals surface area contributed by atoms with Gasteiger partial charge in [0.1, 0.15) is 11.9 Å². The third-order valence-corrected chi connectivity index (χ3v) is 4.60. The number of thiazole rings is 1. The highest BCUT2D eigenvalue weighted by Crippen LogP contribution is 2.24. The third-order valence-electron chi connectivity index (χ3n) is 3.68. The van der Waals surface area contributed by atoms with E-state index in [0.29, 0.717) is 0 Å². The lowest BCUT2D eigenvalue weighted by atomic mass is 10.2. The van der Waals surface area contributed by atoms with Gasteiger partial charge in [-0.2, -0.15) is 0 Å². The molecule has 0 N–H and O–H groups in total. The zero-order valence-corrected chi connectivity index (χ0v) is 13.0. The van der Waals surface area contributed by atoms with Gasteiger partial charge in [-0.15, -0.1) is 11.3 Å². The van der Waals surface area contributed by atoms with E-state index in [1.165, 1.54) is 4.88 Å². The molecular weight excluding hydrogens is 272 g/mol. The van der Waals surface area contributed by atoms with Crippen molar-refractivity contribution in [3.8, 4) is 0 Å². The van der Waals surface area contributed by atoms with E-state index in [-0.39, 0.29) is 6.10 Å². The fraction of sp³-hybridized carbons (Fsp3) is 0.571. The molecule has 0 amide bonds. The largest absolute Gasteiger partial charge is 0.368 e. The molecule has 0 spiro atoms. The second kappa shape index (κ2) is 5.63. The van der Waals surface area contributed by atoms with Gasteiger partial charge in [0.25, 0.3) is 0 Å². The predicted molar refractivity (Wildman–Crippen MR) is 78.8 cm³/mol. The van der Waals surface area contributed by atoms with Crippen LogP contribution < -0.4 is 0 Å². The lowest BCUT2D eigenvalue weighted by Gasteiger charge is -2.32. The number of morpholine rings is 1. The lowest BCUT2D eigenvalue weighted by Crippen LogP contribution is -2.38. The molecule has 1 atom stereocenters. The van der Waals surface area contributed by atoms with E-state index >= 15 is 0 Å². The molecular formula is C14H20N4OS. The normalized spacial score (nSPS) is 20.4.